The Hall–Kier alpha value is -2.69. The van der Waals surface area contributed by atoms with Gasteiger partial charge in [-0.25, -0.2) is 0 Å². The first-order valence-electron chi connectivity index (χ1n) is 7.14. The van der Waals surface area contributed by atoms with E-state index in [1.54, 1.807) is 30.3 Å². The molecule has 1 heterocycles. The minimum Gasteiger partial charge on any atom is -0.507 e. The third-order valence-corrected chi connectivity index (χ3v) is 3.40. The van der Waals surface area contributed by atoms with Crippen molar-refractivity contribution in [3.63, 3.8) is 0 Å². The van der Waals surface area contributed by atoms with E-state index in [1.807, 2.05) is 6.92 Å². The third-order valence-electron chi connectivity index (χ3n) is 3.40. The zero-order valence-corrected chi connectivity index (χ0v) is 12.3. The molecule has 22 heavy (non-hydrogen) atoms. The largest absolute Gasteiger partial charge is 0.507 e. The van der Waals surface area contributed by atoms with Crippen molar-refractivity contribution >= 4 is 11.6 Å². The fourth-order valence-electron chi connectivity index (χ4n) is 2.27. The molecule has 0 spiro atoms. The number of hydrogen-bond donors (Lipinski definition) is 2. The molecule has 114 valence electrons. The van der Waals surface area contributed by atoms with Crippen molar-refractivity contribution in [2.45, 2.75) is 13.3 Å². The minimum absolute atomic E-state index is 0.0440. The Bertz CT molecular complexity index is 712. The highest BCUT2D eigenvalue weighted by Gasteiger charge is 2.14. The van der Waals surface area contributed by atoms with Gasteiger partial charge in [0, 0.05) is 18.2 Å². The van der Waals surface area contributed by atoms with Crippen LogP contribution in [0.5, 0.6) is 17.2 Å². The van der Waals surface area contributed by atoms with Crippen LogP contribution in [0.3, 0.4) is 0 Å². The number of rotatable bonds is 2. The van der Waals surface area contributed by atoms with E-state index in [4.69, 9.17) is 9.47 Å². The first-order valence-corrected chi connectivity index (χ1v) is 7.14. The normalized spacial score (nSPS) is 13.3. The van der Waals surface area contributed by atoms with Gasteiger partial charge in [-0.3, -0.25) is 4.79 Å². The SMILES string of the molecule is Cc1ccc(O)c(C(=O)Nc2ccc3c(c2)OCCCO3)c1. The summed E-state index contributed by atoms with van der Waals surface area (Å²) in [6.45, 7) is 3.07. The lowest BCUT2D eigenvalue weighted by Crippen LogP contribution is -2.12. The van der Waals surface area contributed by atoms with E-state index >= 15 is 0 Å². The van der Waals surface area contributed by atoms with Crippen molar-refractivity contribution in [2.24, 2.45) is 0 Å². The Morgan fingerprint density at radius 2 is 1.86 bits per heavy atom. The number of fused-ring (bicyclic) bond motifs is 1. The molecule has 0 fully saturated rings. The molecule has 0 aliphatic carbocycles. The maximum Gasteiger partial charge on any atom is 0.259 e. The van der Waals surface area contributed by atoms with E-state index in [0.29, 0.717) is 30.4 Å². The number of carbonyl (C=O) groups is 1. The molecule has 0 bridgehead atoms. The smallest absolute Gasteiger partial charge is 0.259 e. The van der Waals surface area contributed by atoms with E-state index in [9.17, 15) is 9.90 Å². The minimum atomic E-state index is -0.365. The number of nitrogens with one attached hydrogen (secondary N) is 1. The molecule has 0 saturated carbocycles. The molecule has 0 saturated heterocycles. The van der Waals surface area contributed by atoms with Crippen molar-refractivity contribution in [3.05, 3.63) is 47.5 Å². The second kappa shape index (κ2) is 5.97. The molecule has 0 unspecified atom stereocenters. The zero-order valence-electron chi connectivity index (χ0n) is 12.3. The summed E-state index contributed by atoms with van der Waals surface area (Å²) in [7, 11) is 0. The van der Waals surface area contributed by atoms with Gasteiger partial charge in [0.25, 0.3) is 5.91 Å². The molecular weight excluding hydrogens is 282 g/mol. The van der Waals surface area contributed by atoms with Crippen LogP contribution >= 0.6 is 0 Å². The second-order valence-electron chi connectivity index (χ2n) is 5.19. The van der Waals surface area contributed by atoms with Gasteiger partial charge < -0.3 is 19.9 Å². The number of carbonyl (C=O) groups excluding carboxylic acids is 1. The number of ether oxygens (including phenoxy) is 2. The molecule has 0 atom stereocenters. The summed E-state index contributed by atoms with van der Waals surface area (Å²) in [6, 6.07) is 10.2. The van der Waals surface area contributed by atoms with Gasteiger partial charge in [0.05, 0.1) is 18.8 Å². The Morgan fingerprint density at radius 3 is 2.68 bits per heavy atom. The average Bonchev–Trinajstić information content (AvgIpc) is 2.74. The Kier molecular flexibility index (Phi) is 3.87. The number of hydrogen-bond acceptors (Lipinski definition) is 4. The Morgan fingerprint density at radius 1 is 1.09 bits per heavy atom. The topological polar surface area (TPSA) is 67.8 Å². The van der Waals surface area contributed by atoms with Gasteiger partial charge in [0.2, 0.25) is 0 Å². The first-order chi connectivity index (χ1) is 10.6. The van der Waals surface area contributed by atoms with Crippen LogP contribution < -0.4 is 14.8 Å². The summed E-state index contributed by atoms with van der Waals surface area (Å²) in [6.07, 6.45) is 0.827. The predicted octanol–water partition coefficient (Wildman–Crippen LogP) is 3.11. The molecule has 1 amide bonds. The lowest BCUT2D eigenvalue weighted by molar-refractivity contribution is 0.102. The van der Waals surface area contributed by atoms with Crippen molar-refractivity contribution in [3.8, 4) is 17.2 Å². The molecule has 3 rings (SSSR count). The summed E-state index contributed by atoms with van der Waals surface area (Å²) >= 11 is 0. The molecule has 1 aliphatic rings. The monoisotopic (exact) mass is 299 g/mol. The molecule has 1 aliphatic heterocycles. The molecule has 5 nitrogen and oxygen atoms in total. The first kappa shape index (κ1) is 14.3. The highest BCUT2D eigenvalue weighted by Crippen LogP contribution is 2.32. The summed E-state index contributed by atoms with van der Waals surface area (Å²) in [5.41, 5.74) is 1.74. The van der Waals surface area contributed by atoms with Crippen LogP contribution in [-0.2, 0) is 0 Å². The molecule has 0 radical (unpaired) electrons. The number of aryl methyl sites for hydroxylation is 1. The fraction of sp³-hybridized carbons (Fsp3) is 0.235. The molecule has 0 aromatic heterocycles. The quantitative estimate of drug-likeness (QED) is 0.894. The molecule has 2 N–H and O–H groups in total. The second-order valence-corrected chi connectivity index (χ2v) is 5.19. The zero-order chi connectivity index (χ0) is 15.5. The molecule has 5 heteroatoms. The van der Waals surface area contributed by atoms with Crippen LogP contribution in [0.4, 0.5) is 5.69 Å². The Balaban J connectivity index is 1.82. The maximum atomic E-state index is 12.3. The van der Waals surface area contributed by atoms with E-state index < -0.39 is 0 Å². The molecular formula is C17H17NO4. The van der Waals surface area contributed by atoms with Crippen LogP contribution in [0.1, 0.15) is 22.3 Å². The summed E-state index contributed by atoms with van der Waals surface area (Å²) < 4.78 is 11.1. The van der Waals surface area contributed by atoms with Crippen LogP contribution in [-0.4, -0.2) is 24.2 Å². The summed E-state index contributed by atoms with van der Waals surface area (Å²) in [5.74, 6) is 0.880. The number of phenolic OH excluding ortho intramolecular Hbond substituents is 1. The van der Waals surface area contributed by atoms with Crippen molar-refractivity contribution in [2.75, 3.05) is 18.5 Å². The van der Waals surface area contributed by atoms with Crippen LogP contribution in [0.2, 0.25) is 0 Å². The van der Waals surface area contributed by atoms with Gasteiger partial charge >= 0.3 is 0 Å². The van der Waals surface area contributed by atoms with Crippen molar-refractivity contribution in [1.82, 2.24) is 0 Å². The van der Waals surface area contributed by atoms with Crippen LogP contribution in [0.15, 0.2) is 36.4 Å². The third kappa shape index (κ3) is 2.98. The van der Waals surface area contributed by atoms with E-state index in [-0.39, 0.29) is 17.2 Å². The van der Waals surface area contributed by atoms with Crippen molar-refractivity contribution < 1.29 is 19.4 Å². The van der Waals surface area contributed by atoms with Crippen LogP contribution in [0, 0.1) is 6.92 Å². The highest BCUT2D eigenvalue weighted by molar-refractivity contribution is 6.06. The maximum absolute atomic E-state index is 12.3. The highest BCUT2D eigenvalue weighted by atomic mass is 16.5. The van der Waals surface area contributed by atoms with Gasteiger partial charge in [-0.15, -0.1) is 0 Å². The van der Waals surface area contributed by atoms with Crippen molar-refractivity contribution in [1.29, 1.82) is 0 Å². The standard InChI is InChI=1S/C17H17NO4/c1-11-3-5-14(19)13(9-11)17(20)18-12-4-6-15-16(10-12)22-8-2-7-21-15/h3-6,9-10,19H,2,7-8H2,1H3,(H,18,20). The number of aromatic hydroxyl groups is 1. The predicted molar refractivity (Wildman–Crippen MR) is 82.8 cm³/mol. The van der Waals surface area contributed by atoms with Gasteiger partial charge in [0.1, 0.15) is 5.75 Å². The van der Waals surface area contributed by atoms with Gasteiger partial charge in [-0.2, -0.15) is 0 Å². The lowest BCUT2D eigenvalue weighted by Gasteiger charge is -2.11. The Labute approximate surface area is 128 Å². The average molecular weight is 299 g/mol. The van der Waals surface area contributed by atoms with Gasteiger partial charge in [-0.05, 0) is 31.2 Å². The van der Waals surface area contributed by atoms with Gasteiger partial charge in [-0.1, -0.05) is 11.6 Å². The van der Waals surface area contributed by atoms with Gasteiger partial charge in [0.15, 0.2) is 11.5 Å². The lowest BCUT2D eigenvalue weighted by atomic mass is 10.1. The number of anilines is 1. The summed E-state index contributed by atoms with van der Waals surface area (Å²) in [5, 5.41) is 12.6. The summed E-state index contributed by atoms with van der Waals surface area (Å²) in [4.78, 5) is 12.3. The molecule has 2 aromatic carbocycles. The van der Waals surface area contributed by atoms with E-state index in [0.717, 1.165) is 12.0 Å². The van der Waals surface area contributed by atoms with E-state index in [2.05, 4.69) is 5.32 Å². The fourth-order valence-corrected chi connectivity index (χ4v) is 2.27. The number of phenols is 1. The number of benzene rings is 2. The molecule has 2 aromatic rings. The van der Waals surface area contributed by atoms with E-state index in [1.165, 1.54) is 6.07 Å². The van der Waals surface area contributed by atoms with Crippen LogP contribution in [0.25, 0.3) is 0 Å². The number of amides is 1.